The standard InChI is InChI=1S/C6H9BrN2S/c1-4-5(7)6(10-3)9(2)8-4/h1-3H3. The Morgan fingerprint density at radius 3 is 2.40 bits per heavy atom. The van der Waals surface area contributed by atoms with E-state index in [-0.39, 0.29) is 0 Å². The second kappa shape index (κ2) is 2.96. The number of hydrogen-bond donors (Lipinski definition) is 0. The summed E-state index contributed by atoms with van der Waals surface area (Å²) in [5.74, 6) is 0. The molecule has 1 rings (SSSR count). The Labute approximate surface area is 73.1 Å². The highest BCUT2D eigenvalue weighted by Crippen LogP contribution is 2.27. The molecular weight excluding hydrogens is 212 g/mol. The van der Waals surface area contributed by atoms with Gasteiger partial charge in [-0.25, -0.2) is 0 Å². The summed E-state index contributed by atoms with van der Waals surface area (Å²) >= 11 is 5.15. The zero-order chi connectivity index (χ0) is 7.72. The van der Waals surface area contributed by atoms with Crippen molar-refractivity contribution in [3.63, 3.8) is 0 Å². The van der Waals surface area contributed by atoms with Crippen molar-refractivity contribution < 1.29 is 0 Å². The van der Waals surface area contributed by atoms with Crippen LogP contribution in [0.1, 0.15) is 5.69 Å². The number of aryl methyl sites for hydroxylation is 2. The van der Waals surface area contributed by atoms with E-state index in [2.05, 4.69) is 21.0 Å². The van der Waals surface area contributed by atoms with Gasteiger partial charge in [-0.2, -0.15) is 5.10 Å². The number of aromatic nitrogens is 2. The highest BCUT2D eigenvalue weighted by atomic mass is 79.9. The SMILES string of the molecule is CSc1c(Br)c(C)nn1C. The van der Waals surface area contributed by atoms with E-state index in [1.165, 1.54) is 5.03 Å². The van der Waals surface area contributed by atoms with E-state index in [4.69, 9.17) is 0 Å². The van der Waals surface area contributed by atoms with Gasteiger partial charge in [-0.05, 0) is 29.1 Å². The second-order valence-electron chi connectivity index (χ2n) is 2.03. The highest BCUT2D eigenvalue weighted by molar-refractivity contribution is 9.10. The molecule has 0 aliphatic rings. The van der Waals surface area contributed by atoms with Crippen LogP contribution in [0.3, 0.4) is 0 Å². The van der Waals surface area contributed by atoms with E-state index in [9.17, 15) is 0 Å². The fourth-order valence-electron chi connectivity index (χ4n) is 0.833. The molecule has 0 amide bonds. The van der Waals surface area contributed by atoms with Crippen molar-refractivity contribution in [3.05, 3.63) is 10.2 Å². The molecule has 0 bridgehead atoms. The predicted octanol–water partition coefficient (Wildman–Crippen LogP) is 2.21. The highest BCUT2D eigenvalue weighted by Gasteiger charge is 2.07. The van der Waals surface area contributed by atoms with Crippen LogP contribution in [0.2, 0.25) is 0 Å². The Morgan fingerprint density at radius 2 is 2.20 bits per heavy atom. The minimum absolute atomic E-state index is 1.05. The molecule has 1 aromatic heterocycles. The molecule has 0 aromatic carbocycles. The van der Waals surface area contributed by atoms with Crippen LogP contribution in [-0.4, -0.2) is 16.0 Å². The fourth-order valence-corrected chi connectivity index (χ4v) is 2.29. The van der Waals surface area contributed by atoms with Crippen LogP contribution >= 0.6 is 27.7 Å². The summed E-state index contributed by atoms with van der Waals surface area (Å²) < 4.78 is 2.99. The van der Waals surface area contributed by atoms with E-state index < -0.39 is 0 Å². The number of nitrogens with zero attached hydrogens (tertiary/aromatic N) is 2. The Bertz CT molecular complexity index is 244. The summed E-state index contributed by atoms with van der Waals surface area (Å²) in [4.78, 5) is 0. The van der Waals surface area contributed by atoms with Crippen LogP contribution in [0, 0.1) is 6.92 Å². The fraction of sp³-hybridized carbons (Fsp3) is 0.500. The third-order valence-corrected chi connectivity index (χ3v) is 3.36. The van der Waals surface area contributed by atoms with E-state index in [0.29, 0.717) is 0 Å². The summed E-state index contributed by atoms with van der Waals surface area (Å²) in [7, 11) is 1.95. The molecule has 2 nitrogen and oxygen atoms in total. The van der Waals surface area contributed by atoms with E-state index in [1.807, 2.05) is 24.9 Å². The summed E-state index contributed by atoms with van der Waals surface area (Å²) in [6, 6.07) is 0. The lowest BCUT2D eigenvalue weighted by Gasteiger charge is -1.94. The minimum Gasteiger partial charge on any atom is -0.261 e. The number of halogens is 1. The molecule has 1 heterocycles. The lowest BCUT2D eigenvalue weighted by molar-refractivity contribution is 0.692. The molecule has 1 aromatic rings. The number of hydrogen-bond acceptors (Lipinski definition) is 2. The van der Waals surface area contributed by atoms with Crippen LogP contribution in [0.15, 0.2) is 9.50 Å². The molecule has 0 fully saturated rings. The van der Waals surface area contributed by atoms with Gasteiger partial charge in [-0.15, -0.1) is 11.8 Å². The molecule has 0 saturated heterocycles. The van der Waals surface area contributed by atoms with Gasteiger partial charge in [-0.1, -0.05) is 0 Å². The van der Waals surface area contributed by atoms with Crippen molar-refractivity contribution in [1.29, 1.82) is 0 Å². The first-order valence-corrected chi connectivity index (χ1v) is 4.91. The third kappa shape index (κ3) is 1.22. The predicted molar refractivity (Wildman–Crippen MR) is 47.4 cm³/mol. The van der Waals surface area contributed by atoms with Crippen molar-refractivity contribution in [2.24, 2.45) is 7.05 Å². The molecule has 0 atom stereocenters. The maximum atomic E-state index is 4.23. The van der Waals surface area contributed by atoms with Crippen molar-refractivity contribution in [3.8, 4) is 0 Å². The molecular formula is C6H9BrN2S. The Hall–Kier alpha value is 0.0400. The quantitative estimate of drug-likeness (QED) is 0.676. The average Bonchev–Trinajstić information content (AvgIpc) is 2.09. The Balaban J connectivity index is 3.20. The lowest BCUT2D eigenvalue weighted by atomic mass is 10.5. The van der Waals surface area contributed by atoms with Crippen LogP contribution in [-0.2, 0) is 7.05 Å². The smallest absolute Gasteiger partial charge is 0.108 e. The molecule has 10 heavy (non-hydrogen) atoms. The lowest BCUT2D eigenvalue weighted by Crippen LogP contribution is -1.91. The second-order valence-corrected chi connectivity index (χ2v) is 3.62. The summed E-state index contributed by atoms with van der Waals surface area (Å²) in [6.45, 7) is 1.99. The van der Waals surface area contributed by atoms with Gasteiger partial charge < -0.3 is 0 Å². The van der Waals surface area contributed by atoms with Crippen molar-refractivity contribution in [2.45, 2.75) is 11.9 Å². The van der Waals surface area contributed by atoms with Gasteiger partial charge in [0.25, 0.3) is 0 Å². The van der Waals surface area contributed by atoms with Crippen LogP contribution < -0.4 is 0 Å². The first kappa shape index (κ1) is 8.14. The molecule has 0 aliphatic heterocycles. The van der Waals surface area contributed by atoms with Crippen molar-refractivity contribution in [1.82, 2.24) is 9.78 Å². The molecule has 0 aliphatic carbocycles. The largest absolute Gasteiger partial charge is 0.261 e. The normalized spacial score (nSPS) is 10.4. The van der Waals surface area contributed by atoms with Gasteiger partial charge in [0, 0.05) is 7.05 Å². The Morgan fingerprint density at radius 1 is 1.60 bits per heavy atom. The molecule has 0 N–H and O–H groups in total. The minimum atomic E-state index is 1.05. The molecule has 0 radical (unpaired) electrons. The maximum Gasteiger partial charge on any atom is 0.108 e. The van der Waals surface area contributed by atoms with Gasteiger partial charge in [-0.3, -0.25) is 4.68 Å². The molecule has 0 saturated carbocycles. The molecule has 56 valence electrons. The Kier molecular flexibility index (Phi) is 2.41. The zero-order valence-corrected chi connectivity index (χ0v) is 8.58. The van der Waals surface area contributed by atoms with E-state index in [1.54, 1.807) is 11.8 Å². The molecule has 0 spiro atoms. The zero-order valence-electron chi connectivity index (χ0n) is 6.18. The van der Waals surface area contributed by atoms with Crippen LogP contribution in [0.25, 0.3) is 0 Å². The van der Waals surface area contributed by atoms with E-state index >= 15 is 0 Å². The third-order valence-electron chi connectivity index (χ3n) is 1.29. The summed E-state index contributed by atoms with van der Waals surface area (Å²) in [5.41, 5.74) is 1.05. The van der Waals surface area contributed by atoms with Crippen LogP contribution in [0.4, 0.5) is 0 Å². The van der Waals surface area contributed by atoms with Crippen molar-refractivity contribution >= 4 is 27.7 Å². The van der Waals surface area contributed by atoms with E-state index in [0.717, 1.165) is 10.2 Å². The van der Waals surface area contributed by atoms with Gasteiger partial charge in [0.15, 0.2) is 0 Å². The maximum absolute atomic E-state index is 4.23. The summed E-state index contributed by atoms with van der Waals surface area (Å²) in [6.07, 6.45) is 2.04. The monoisotopic (exact) mass is 220 g/mol. The van der Waals surface area contributed by atoms with Gasteiger partial charge >= 0.3 is 0 Å². The van der Waals surface area contributed by atoms with Gasteiger partial charge in [0.2, 0.25) is 0 Å². The molecule has 0 unspecified atom stereocenters. The first-order chi connectivity index (χ1) is 4.66. The average molecular weight is 221 g/mol. The van der Waals surface area contributed by atoms with Gasteiger partial charge in [0.05, 0.1) is 10.2 Å². The number of rotatable bonds is 1. The van der Waals surface area contributed by atoms with Crippen LogP contribution in [0.5, 0.6) is 0 Å². The van der Waals surface area contributed by atoms with Crippen molar-refractivity contribution in [2.75, 3.05) is 6.26 Å². The number of thioether (sulfide) groups is 1. The molecule has 4 heteroatoms. The van der Waals surface area contributed by atoms with Gasteiger partial charge in [0.1, 0.15) is 5.03 Å². The topological polar surface area (TPSA) is 17.8 Å². The summed E-state index contributed by atoms with van der Waals surface area (Å²) in [5, 5.41) is 5.41. The first-order valence-electron chi connectivity index (χ1n) is 2.90.